The van der Waals surface area contributed by atoms with Crippen LogP contribution in [0, 0.1) is 0 Å². The molecule has 0 atom stereocenters. The van der Waals surface area contributed by atoms with Crippen LogP contribution in [0.15, 0.2) is 35.6 Å². The number of halogens is 1. The molecular weight excluding hydrogens is 352 g/mol. The van der Waals surface area contributed by atoms with E-state index in [1.165, 1.54) is 24.3 Å². The number of aromatic amines is 1. The third-order valence-electron chi connectivity index (χ3n) is 3.24. The van der Waals surface area contributed by atoms with Crippen LogP contribution in [-0.2, 0) is 0 Å². The molecule has 0 aliphatic heterocycles. The smallest absolute Gasteiger partial charge is 0.342 e. The number of aromatic nitrogens is 1. The van der Waals surface area contributed by atoms with E-state index < -0.39 is 34.4 Å². The molecule has 0 aliphatic rings. The van der Waals surface area contributed by atoms with Crippen molar-refractivity contribution in [2.24, 2.45) is 0 Å². The summed E-state index contributed by atoms with van der Waals surface area (Å²) in [7, 11) is 0. The molecule has 2 aromatic rings. The van der Waals surface area contributed by atoms with Gasteiger partial charge in [0.15, 0.2) is 0 Å². The highest BCUT2D eigenvalue weighted by Crippen LogP contribution is 2.37. The maximum atomic E-state index is 12.1. The van der Waals surface area contributed by atoms with Crippen LogP contribution in [0.4, 0.5) is 5.82 Å². The quantitative estimate of drug-likeness (QED) is 0.575. The van der Waals surface area contributed by atoms with Crippen LogP contribution in [0.5, 0.6) is 5.75 Å². The van der Waals surface area contributed by atoms with Crippen molar-refractivity contribution in [3.05, 3.63) is 57.4 Å². The lowest BCUT2D eigenvalue weighted by atomic mass is 9.94. The number of carboxylic acids is 2. The molecule has 0 radical (unpaired) electrons. The summed E-state index contributed by atoms with van der Waals surface area (Å²) in [4.78, 5) is 37.3. The maximum absolute atomic E-state index is 12.1. The summed E-state index contributed by atoms with van der Waals surface area (Å²) in [6, 6.07) is 4.20. The fraction of sp³-hybridized carbons (Fsp3) is 0.0625. The highest BCUT2D eigenvalue weighted by atomic mass is 35.5. The zero-order chi connectivity index (χ0) is 18.7. The van der Waals surface area contributed by atoms with Crippen LogP contribution < -0.4 is 16.0 Å². The van der Waals surface area contributed by atoms with Gasteiger partial charge in [-0.2, -0.15) is 0 Å². The standard InChI is InChI=1S/C16H13ClN2O6/c1-2-5-25-9-4-3-7(17)6-8(9)10-11(15(21)22)13(18)19-14(20)12(10)16(23)24/h2-4,6H,1,5H2,(H,21,22)(H,23,24)(H3,18,19,20). The van der Waals surface area contributed by atoms with E-state index >= 15 is 0 Å². The van der Waals surface area contributed by atoms with E-state index in [0.717, 1.165) is 0 Å². The van der Waals surface area contributed by atoms with Crippen molar-refractivity contribution in [3.63, 3.8) is 0 Å². The van der Waals surface area contributed by atoms with Crippen LogP contribution >= 0.6 is 11.6 Å². The third kappa shape index (κ3) is 3.48. The van der Waals surface area contributed by atoms with Gasteiger partial charge in [0.1, 0.15) is 29.3 Å². The number of ether oxygens (including phenoxy) is 1. The first-order chi connectivity index (χ1) is 11.8. The van der Waals surface area contributed by atoms with Crippen LogP contribution in [0.1, 0.15) is 20.7 Å². The zero-order valence-corrected chi connectivity index (χ0v) is 13.5. The van der Waals surface area contributed by atoms with E-state index in [-0.39, 0.29) is 28.5 Å². The molecular formula is C16H13ClN2O6. The van der Waals surface area contributed by atoms with Crippen LogP contribution in [0.3, 0.4) is 0 Å². The molecule has 0 spiro atoms. The number of nitrogen functional groups attached to an aromatic ring is 1. The number of nitrogens with two attached hydrogens (primary N) is 1. The molecule has 0 amide bonds. The molecule has 130 valence electrons. The molecule has 9 heteroatoms. The Bertz CT molecular complexity index is 935. The summed E-state index contributed by atoms with van der Waals surface area (Å²) in [6.07, 6.45) is 1.45. The number of aromatic carboxylic acids is 2. The summed E-state index contributed by atoms with van der Waals surface area (Å²) in [5.41, 5.74) is 2.84. The topological polar surface area (TPSA) is 143 Å². The van der Waals surface area contributed by atoms with Gasteiger partial charge in [-0.1, -0.05) is 24.3 Å². The molecule has 0 saturated heterocycles. The van der Waals surface area contributed by atoms with Crippen molar-refractivity contribution in [2.75, 3.05) is 12.3 Å². The first-order valence-electron chi connectivity index (χ1n) is 6.83. The number of nitrogens with one attached hydrogen (secondary N) is 1. The number of hydrogen-bond acceptors (Lipinski definition) is 5. The lowest BCUT2D eigenvalue weighted by molar-refractivity contribution is 0.0695. The molecule has 1 aromatic heterocycles. The van der Waals surface area contributed by atoms with Crippen molar-refractivity contribution in [1.29, 1.82) is 0 Å². The second kappa shape index (κ2) is 7.10. The summed E-state index contributed by atoms with van der Waals surface area (Å²) in [5.74, 6) is -3.49. The fourth-order valence-electron chi connectivity index (χ4n) is 2.29. The van der Waals surface area contributed by atoms with Gasteiger partial charge in [0.05, 0.1) is 0 Å². The molecule has 25 heavy (non-hydrogen) atoms. The van der Waals surface area contributed by atoms with Crippen molar-refractivity contribution < 1.29 is 24.5 Å². The Balaban J connectivity index is 2.97. The Morgan fingerprint density at radius 3 is 2.48 bits per heavy atom. The molecule has 0 aliphatic carbocycles. The lowest BCUT2D eigenvalue weighted by Crippen LogP contribution is -2.24. The van der Waals surface area contributed by atoms with E-state index in [1.807, 2.05) is 4.98 Å². The van der Waals surface area contributed by atoms with E-state index in [1.54, 1.807) is 0 Å². The first kappa shape index (κ1) is 18.1. The van der Waals surface area contributed by atoms with Crippen LogP contribution in [0.25, 0.3) is 11.1 Å². The monoisotopic (exact) mass is 364 g/mol. The molecule has 0 saturated carbocycles. The van der Waals surface area contributed by atoms with Gasteiger partial charge < -0.3 is 25.7 Å². The molecule has 8 nitrogen and oxygen atoms in total. The number of rotatable bonds is 6. The normalized spacial score (nSPS) is 10.3. The van der Waals surface area contributed by atoms with Gasteiger partial charge in [-0.05, 0) is 18.2 Å². The van der Waals surface area contributed by atoms with Gasteiger partial charge in [0.2, 0.25) is 0 Å². The van der Waals surface area contributed by atoms with Crippen LogP contribution in [0.2, 0.25) is 5.02 Å². The number of anilines is 1. The van der Waals surface area contributed by atoms with E-state index in [0.29, 0.717) is 0 Å². The molecule has 2 rings (SSSR count). The number of carbonyl (C=O) groups is 2. The average Bonchev–Trinajstić information content (AvgIpc) is 2.51. The lowest BCUT2D eigenvalue weighted by Gasteiger charge is -2.16. The Labute approximate surface area is 146 Å². The molecule has 5 N–H and O–H groups in total. The van der Waals surface area contributed by atoms with Gasteiger partial charge >= 0.3 is 11.9 Å². The van der Waals surface area contributed by atoms with Gasteiger partial charge in [-0.3, -0.25) is 4.79 Å². The first-order valence-corrected chi connectivity index (χ1v) is 7.21. The van der Waals surface area contributed by atoms with Gasteiger partial charge in [-0.25, -0.2) is 9.59 Å². The maximum Gasteiger partial charge on any atom is 0.342 e. The van der Waals surface area contributed by atoms with E-state index in [4.69, 9.17) is 22.1 Å². The van der Waals surface area contributed by atoms with Gasteiger partial charge in [0, 0.05) is 16.1 Å². The Hall–Kier alpha value is -3.26. The summed E-state index contributed by atoms with van der Waals surface area (Å²) >= 11 is 5.96. The Morgan fingerprint density at radius 1 is 1.28 bits per heavy atom. The van der Waals surface area contributed by atoms with Gasteiger partial charge in [-0.15, -0.1) is 0 Å². The zero-order valence-electron chi connectivity index (χ0n) is 12.7. The van der Waals surface area contributed by atoms with E-state index in [2.05, 4.69) is 6.58 Å². The summed E-state index contributed by atoms with van der Waals surface area (Å²) < 4.78 is 5.43. The van der Waals surface area contributed by atoms with Crippen molar-refractivity contribution in [2.45, 2.75) is 0 Å². The number of hydrogen-bond donors (Lipinski definition) is 4. The SMILES string of the molecule is C=CCOc1ccc(Cl)cc1-c1c(C(=O)O)c(N)[nH]c(=O)c1C(=O)O. The molecule has 0 unspecified atom stereocenters. The fourth-order valence-corrected chi connectivity index (χ4v) is 2.46. The van der Waals surface area contributed by atoms with Gasteiger partial charge in [0.25, 0.3) is 5.56 Å². The molecule has 1 heterocycles. The third-order valence-corrected chi connectivity index (χ3v) is 3.48. The molecule has 1 aromatic carbocycles. The Morgan fingerprint density at radius 2 is 1.92 bits per heavy atom. The molecule has 0 fully saturated rings. The number of pyridine rings is 1. The van der Waals surface area contributed by atoms with Crippen molar-refractivity contribution >= 4 is 29.4 Å². The largest absolute Gasteiger partial charge is 0.489 e. The van der Waals surface area contributed by atoms with E-state index in [9.17, 15) is 24.6 Å². The predicted molar refractivity (Wildman–Crippen MR) is 91.5 cm³/mol. The minimum atomic E-state index is -1.62. The second-order valence-corrected chi connectivity index (χ2v) is 5.28. The predicted octanol–water partition coefficient (Wildman–Crippen LogP) is 2.24. The number of carboxylic acid groups (broad SMARTS) is 2. The highest BCUT2D eigenvalue weighted by molar-refractivity contribution is 6.31. The minimum absolute atomic E-state index is 0.0157. The average molecular weight is 365 g/mol. The number of benzene rings is 1. The summed E-state index contributed by atoms with van der Waals surface area (Å²) in [5, 5.41) is 19.0. The number of H-pyrrole nitrogens is 1. The second-order valence-electron chi connectivity index (χ2n) is 4.84. The van der Waals surface area contributed by atoms with Crippen LogP contribution in [-0.4, -0.2) is 33.7 Å². The molecule has 0 bridgehead atoms. The van der Waals surface area contributed by atoms with Crippen molar-refractivity contribution in [3.8, 4) is 16.9 Å². The highest BCUT2D eigenvalue weighted by Gasteiger charge is 2.28. The minimum Gasteiger partial charge on any atom is -0.489 e. The summed E-state index contributed by atoms with van der Waals surface area (Å²) in [6.45, 7) is 3.57. The Kier molecular flexibility index (Phi) is 5.14. The van der Waals surface area contributed by atoms with Crippen molar-refractivity contribution in [1.82, 2.24) is 4.98 Å².